The van der Waals surface area contributed by atoms with Gasteiger partial charge in [0.2, 0.25) is 0 Å². The Labute approximate surface area is 185 Å². The predicted octanol–water partition coefficient (Wildman–Crippen LogP) is 3.39. The Kier molecular flexibility index (Phi) is 6.99. The average molecular weight is 438 g/mol. The van der Waals surface area contributed by atoms with Gasteiger partial charge in [0, 0.05) is 37.9 Å². The molecule has 1 amide bonds. The molecule has 2 aromatic carbocycles. The zero-order chi connectivity index (χ0) is 23.4. The number of methoxy groups -OCH3 is 1. The second kappa shape index (κ2) is 9.69. The summed E-state index contributed by atoms with van der Waals surface area (Å²) in [7, 11) is 3.17. The lowest BCUT2D eigenvalue weighted by atomic mass is 10.1. The van der Waals surface area contributed by atoms with Gasteiger partial charge in [0.05, 0.1) is 28.5 Å². The van der Waals surface area contributed by atoms with E-state index in [4.69, 9.17) is 9.72 Å². The maximum atomic E-state index is 13.5. The lowest BCUT2D eigenvalue weighted by molar-refractivity contribution is -0.385. The molecule has 0 fully saturated rings. The molecule has 0 radical (unpaired) electrons. The van der Waals surface area contributed by atoms with Crippen LogP contribution in [0.3, 0.4) is 0 Å². The number of amides is 1. The highest BCUT2D eigenvalue weighted by Gasteiger charge is 2.29. The minimum absolute atomic E-state index is 0.119. The van der Waals surface area contributed by atoms with Gasteiger partial charge in [-0.1, -0.05) is 25.1 Å². The van der Waals surface area contributed by atoms with Crippen molar-refractivity contribution in [3.63, 3.8) is 0 Å². The van der Waals surface area contributed by atoms with Crippen LogP contribution in [0.2, 0.25) is 0 Å². The number of para-hydroxylation sites is 1. The van der Waals surface area contributed by atoms with Crippen molar-refractivity contribution in [1.82, 2.24) is 14.5 Å². The highest BCUT2D eigenvalue weighted by molar-refractivity contribution is 5.95. The molecule has 0 aliphatic rings. The minimum Gasteiger partial charge on any atom is -0.383 e. The molecule has 0 spiro atoms. The Bertz CT molecular complexity index is 1220. The molecule has 0 saturated heterocycles. The Hall–Kier alpha value is -3.59. The summed E-state index contributed by atoms with van der Waals surface area (Å²) in [4.78, 5) is 43.5. The van der Waals surface area contributed by atoms with Gasteiger partial charge in [-0.2, -0.15) is 0 Å². The van der Waals surface area contributed by atoms with E-state index in [0.29, 0.717) is 28.7 Å². The number of benzene rings is 2. The molecule has 9 nitrogen and oxygen atoms in total. The van der Waals surface area contributed by atoms with Gasteiger partial charge in [-0.05, 0) is 31.5 Å². The lowest BCUT2D eigenvalue weighted by Gasteiger charge is -2.31. The van der Waals surface area contributed by atoms with Crippen molar-refractivity contribution in [2.45, 2.75) is 26.3 Å². The van der Waals surface area contributed by atoms with Crippen LogP contribution in [-0.4, -0.2) is 45.5 Å². The second-order valence-corrected chi connectivity index (χ2v) is 7.53. The van der Waals surface area contributed by atoms with E-state index >= 15 is 0 Å². The third-order valence-electron chi connectivity index (χ3n) is 5.53. The summed E-state index contributed by atoms with van der Waals surface area (Å²) < 4.78 is 6.66. The third kappa shape index (κ3) is 4.38. The topological polar surface area (TPSA) is 108 Å². The highest BCUT2D eigenvalue weighted by Crippen LogP contribution is 2.27. The first-order valence-electron chi connectivity index (χ1n) is 10.3. The molecule has 1 unspecified atom stereocenters. The monoisotopic (exact) mass is 438 g/mol. The number of rotatable bonds is 8. The Morgan fingerprint density at radius 1 is 1.28 bits per heavy atom. The summed E-state index contributed by atoms with van der Waals surface area (Å²) in [5.41, 5.74) is 0.901. The molecule has 0 N–H and O–H groups in total. The summed E-state index contributed by atoms with van der Waals surface area (Å²) in [6, 6.07) is 11.0. The summed E-state index contributed by atoms with van der Waals surface area (Å²) in [5.74, 6) is 0.0571. The van der Waals surface area contributed by atoms with Crippen LogP contribution in [-0.2, 0) is 11.8 Å². The highest BCUT2D eigenvalue weighted by atomic mass is 16.6. The van der Waals surface area contributed by atoms with Gasteiger partial charge in [0.1, 0.15) is 5.82 Å². The zero-order valence-electron chi connectivity index (χ0n) is 18.6. The number of carbonyl (C=O) groups is 1. The average Bonchev–Trinajstić information content (AvgIpc) is 2.79. The standard InChI is InChI=1S/C23H26N4O5/c1-5-19(21-24-18-9-7-6-8-17(18)23(29)25(21)3)26(12-13-32-4)22(28)16-11-10-15(2)20(14-16)27(30)31/h6-11,14,19H,5,12-13H2,1-4H3. The summed E-state index contributed by atoms with van der Waals surface area (Å²) in [6.07, 6.45) is 0.488. The maximum Gasteiger partial charge on any atom is 0.273 e. The van der Waals surface area contributed by atoms with Gasteiger partial charge in [-0.25, -0.2) is 4.98 Å². The zero-order valence-corrected chi connectivity index (χ0v) is 18.6. The number of aryl methyl sites for hydroxylation is 1. The van der Waals surface area contributed by atoms with E-state index in [0.717, 1.165) is 0 Å². The molecule has 168 valence electrons. The van der Waals surface area contributed by atoms with Crippen LogP contribution in [0, 0.1) is 17.0 Å². The molecule has 9 heteroatoms. The van der Waals surface area contributed by atoms with Crippen molar-refractivity contribution in [2.75, 3.05) is 20.3 Å². The minimum atomic E-state index is -0.527. The van der Waals surface area contributed by atoms with Gasteiger partial charge >= 0.3 is 0 Å². The fourth-order valence-corrected chi connectivity index (χ4v) is 3.77. The molecule has 3 rings (SSSR count). The number of fused-ring (bicyclic) bond motifs is 1. The third-order valence-corrected chi connectivity index (χ3v) is 5.53. The van der Waals surface area contributed by atoms with Crippen molar-refractivity contribution >= 4 is 22.5 Å². The molecule has 0 saturated carbocycles. The van der Waals surface area contributed by atoms with Gasteiger partial charge in [-0.15, -0.1) is 0 Å². The summed E-state index contributed by atoms with van der Waals surface area (Å²) in [6.45, 7) is 4.02. The van der Waals surface area contributed by atoms with E-state index in [2.05, 4.69) is 0 Å². The first kappa shape index (κ1) is 23.1. The Morgan fingerprint density at radius 2 is 2.00 bits per heavy atom. The fourth-order valence-electron chi connectivity index (χ4n) is 3.77. The number of ether oxygens (including phenoxy) is 1. The first-order valence-corrected chi connectivity index (χ1v) is 10.3. The lowest BCUT2D eigenvalue weighted by Crippen LogP contribution is -2.40. The normalized spacial score (nSPS) is 12.0. The van der Waals surface area contributed by atoms with Crippen molar-refractivity contribution in [3.05, 3.63) is 79.9 Å². The number of nitro benzene ring substituents is 1. The molecular formula is C23H26N4O5. The largest absolute Gasteiger partial charge is 0.383 e. The quantitative estimate of drug-likeness (QED) is 0.394. The number of aromatic nitrogens is 2. The van der Waals surface area contributed by atoms with E-state index in [-0.39, 0.29) is 35.9 Å². The van der Waals surface area contributed by atoms with Crippen molar-refractivity contribution < 1.29 is 14.5 Å². The van der Waals surface area contributed by atoms with Crippen LogP contribution in [0.5, 0.6) is 0 Å². The van der Waals surface area contributed by atoms with Crippen LogP contribution in [0.25, 0.3) is 10.9 Å². The number of nitro groups is 1. The summed E-state index contributed by atoms with van der Waals surface area (Å²) >= 11 is 0. The van der Waals surface area contributed by atoms with E-state index in [1.165, 1.54) is 17.7 Å². The molecule has 1 atom stereocenters. The van der Waals surface area contributed by atoms with Crippen LogP contribution < -0.4 is 5.56 Å². The fraction of sp³-hybridized carbons (Fsp3) is 0.348. The summed E-state index contributed by atoms with van der Waals surface area (Å²) in [5, 5.41) is 11.9. The molecular weight excluding hydrogens is 412 g/mol. The van der Waals surface area contributed by atoms with E-state index in [1.54, 1.807) is 55.3 Å². The van der Waals surface area contributed by atoms with Gasteiger partial charge in [-0.3, -0.25) is 24.3 Å². The van der Waals surface area contributed by atoms with Crippen LogP contribution >= 0.6 is 0 Å². The van der Waals surface area contributed by atoms with Crippen LogP contribution in [0.4, 0.5) is 5.69 Å². The molecule has 0 aliphatic heterocycles. The van der Waals surface area contributed by atoms with E-state index in [9.17, 15) is 19.7 Å². The molecule has 0 aliphatic carbocycles. The molecule has 32 heavy (non-hydrogen) atoms. The van der Waals surface area contributed by atoms with Gasteiger partial charge < -0.3 is 9.64 Å². The number of carbonyl (C=O) groups excluding carboxylic acids is 1. The van der Waals surface area contributed by atoms with Crippen molar-refractivity contribution in [3.8, 4) is 0 Å². The van der Waals surface area contributed by atoms with Crippen LogP contribution in [0.15, 0.2) is 47.3 Å². The maximum absolute atomic E-state index is 13.5. The Morgan fingerprint density at radius 3 is 2.66 bits per heavy atom. The number of nitrogens with zero attached hydrogens (tertiary/aromatic N) is 4. The molecule has 0 bridgehead atoms. The van der Waals surface area contributed by atoms with Crippen molar-refractivity contribution in [1.29, 1.82) is 0 Å². The Balaban J connectivity index is 2.12. The number of hydrogen-bond donors (Lipinski definition) is 0. The van der Waals surface area contributed by atoms with Gasteiger partial charge in [0.25, 0.3) is 17.2 Å². The van der Waals surface area contributed by atoms with E-state index in [1.807, 2.05) is 6.92 Å². The van der Waals surface area contributed by atoms with Crippen LogP contribution in [0.1, 0.15) is 41.1 Å². The van der Waals surface area contributed by atoms with E-state index < -0.39 is 11.0 Å². The molecule has 3 aromatic rings. The first-order chi connectivity index (χ1) is 15.3. The van der Waals surface area contributed by atoms with Gasteiger partial charge in [0.15, 0.2) is 0 Å². The molecule has 1 heterocycles. The SMILES string of the molecule is CCC(c1nc2ccccc2c(=O)n1C)N(CCOC)C(=O)c1ccc(C)c([N+](=O)[O-])c1. The smallest absolute Gasteiger partial charge is 0.273 e. The predicted molar refractivity (Wildman–Crippen MR) is 121 cm³/mol. The van der Waals surface area contributed by atoms with Crippen molar-refractivity contribution in [2.24, 2.45) is 7.05 Å². The second-order valence-electron chi connectivity index (χ2n) is 7.53. The number of hydrogen-bond acceptors (Lipinski definition) is 6. The molecule has 1 aromatic heterocycles.